The van der Waals surface area contributed by atoms with Gasteiger partial charge in [0.15, 0.2) is 0 Å². The summed E-state index contributed by atoms with van der Waals surface area (Å²) in [5.41, 5.74) is 2.43. The molecule has 1 fully saturated rings. The van der Waals surface area contributed by atoms with Crippen LogP contribution in [0.15, 0.2) is 24.3 Å². The summed E-state index contributed by atoms with van der Waals surface area (Å²) >= 11 is 0. The average molecular weight is 257 g/mol. The highest BCUT2D eigenvalue weighted by molar-refractivity contribution is 5.31. The number of ether oxygens (including phenoxy) is 1. The lowest BCUT2D eigenvalue weighted by Gasteiger charge is -2.45. The molecule has 1 aromatic carbocycles. The Hall–Kier alpha value is -1.33. The molecule has 1 aromatic rings. The summed E-state index contributed by atoms with van der Waals surface area (Å²) in [5.74, 6) is 0. The molecule has 0 spiro atoms. The molecule has 0 aromatic heterocycles. The van der Waals surface area contributed by atoms with Crippen molar-refractivity contribution in [3.05, 3.63) is 35.4 Å². The van der Waals surface area contributed by atoms with Gasteiger partial charge in [0.2, 0.25) is 0 Å². The van der Waals surface area contributed by atoms with Crippen LogP contribution in [-0.4, -0.2) is 12.2 Å². The molecule has 19 heavy (non-hydrogen) atoms. The van der Waals surface area contributed by atoms with E-state index in [0.717, 1.165) is 25.9 Å². The fourth-order valence-corrected chi connectivity index (χ4v) is 3.13. The number of hydrogen-bond acceptors (Lipinski definition) is 2. The molecule has 0 radical (unpaired) electrons. The molecule has 1 unspecified atom stereocenters. The van der Waals surface area contributed by atoms with E-state index in [1.54, 1.807) is 0 Å². The Morgan fingerprint density at radius 3 is 2.58 bits per heavy atom. The van der Waals surface area contributed by atoms with E-state index >= 15 is 0 Å². The first-order valence-corrected chi connectivity index (χ1v) is 7.12. The van der Waals surface area contributed by atoms with Crippen molar-refractivity contribution in [2.75, 3.05) is 6.61 Å². The van der Waals surface area contributed by atoms with E-state index in [9.17, 15) is 5.26 Å². The smallest absolute Gasteiger partial charge is 0.0660 e. The molecular weight excluding hydrogens is 234 g/mol. The molecule has 102 valence electrons. The number of rotatable bonds is 3. The lowest BCUT2D eigenvalue weighted by molar-refractivity contribution is -0.0957. The minimum absolute atomic E-state index is 0.0363. The lowest BCUT2D eigenvalue weighted by Crippen LogP contribution is -2.45. The molecule has 0 bridgehead atoms. The van der Waals surface area contributed by atoms with Crippen LogP contribution in [0, 0.1) is 18.3 Å². The molecule has 2 heteroatoms. The van der Waals surface area contributed by atoms with E-state index in [2.05, 4.69) is 51.1 Å². The highest BCUT2D eigenvalue weighted by Gasteiger charge is 2.43. The first-order valence-electron chi connectivity index (χ1n) is 7.12. The van der Waals surface area contributed by atoms with Gasteiger partial charge in [-0.05, 0) is 38.7 Å². The van der Waals surface area contributed by atoms with Gasteiger partial charge >= 0.3 is 0 Å². The summed E-state index contributed by atoms with van der Waals surface area (Å²) in [4.78, 5) is 0. The summed E-state index contributed by atoms with van der Waals surface area (Å²) in [5, 5.41) is 9.25. The van der Waals surface area contributed by atoms with Crippen LogP contribution in [0.1, 0.15) is 50.7 Å². The van der Waals surface area contributed by atoms with Crippen molar-refractivity contribution in [1.82, 2.24) is 0 Å². The van der Waals surface area contributed by atoms with E-state index in [0.29, 0.717) is 6.42 Å². The van der Waals surface area contributed by atoms with Crippen LogP contribution in [0.4, 0.5) is 0 Å². The third-order valence-electron chi connectivity index (χ3n) is 4.57. The maximum Gasteiger partial charge on any atom is 0.0660 e. The zero-order valence-corrected chi connectivity index (χ0v) is 12.2. The largest absolute Gasteiger partial charge is 0.375 e. The molecular formula is C17H23NO. The van der Waals surface area contributed by atoms with E-state index in [1.165, 1.54) is 11.1 Å². The fourth-order valence-electron chi connectivity index (χ4n) is 3.13. The fraction of sp³-hybridized carbons (Fsp3) is 0.588. The summed E-state index contributed by atoms with van der Waals surface area (Å²) in [6, 6.07) is 11.1. The third-order valence-corrected chi connectivity index (χ3v) is 4.57. The predicted molar refractivity (Wildman–Crippen MR) is 77.0 cm³/mol. The van der Waals surface area contributed by atoms with Gasteiger partial charge in [-0.2, -0.15) is 5.26 Å². The third kappa shape index (κ3) is 2.82. The van der Waals surface area contributed by atoms with Gasteiger partial charge in [0.1, 0.15) is 0 Å². The van der Waals surface area contributed by atoms with Crippen LogP contribution in [0.25, 0.3) is 0 Å². The minimum Gasteiger partial charge on any atom is -0.375 e. The van der Waals surface area contributed by atoms with Gasteiger partial charge in [0, 0.05) is 18.4 Å². The summed E-state index contributed by atoms with van der Waals surface area (Å²) < 4.78 is 5.95. The van der Waals surface area contributed by atoms with Crippen molar-refractivity contribution in [2.45, 2.75) is 57.5 Å². The second-order valence-corrected chi connectivity index (χ2v) is 6.06. The van der Waals surface area contributed by atoms with E-state index in [4.69, 9.17) is 4.74 Å². The van der Waals surface area contributed by atoms with Crippen LogP contribution >= 0.6 is 0 Å². The van der Waals surface area contributed by atoms with Crippen LogP contribution in [0.2, 0.25) is 0 Å². The Bertz CT molecular complexity index is 473. The molecule has 0 aliphatic carbocycles. The quantitative estimate of drug-likeness (QED) is 0.815. The zero-order chi connectivity index (χ0) is 13.9. The first kappa shape index (κ1) is 14.1. The Labute approximate surface area is 116 Å². The van der Waals surface area contributed by atoms with Crippen molar-refractivity contribution >= 4 is 0 Å². The molecule has 2 rings (SSSR count). The van der Waals surface area contributed by atoms with Gasteiger partial charge in [0.25, 0.3) is 0 Å². The molecule has 0 N–H and O–H groups in total. The second kappa shape index (κ2) is 5.35. The molecule has 1 heterocycles. The number of benzene rings is 1. The van der Waals surface area contributed by atoms with Gasteiger partial charge in [-0.15, -0.1) is 0 Å². The van der Waals surface area contributed by atoms with E-state index < -0.39 is 0 Å². The molecule has 2 nitrogen and oxygen atoms in total. The van der Waals surface area contributed by atoms with Crippen molar-refractivity contribution in [3.8, 4) is 6.07 Å². The molecule has 0 amide bonds. The van der Waals surface area contributed by atoms with Crippen LogP contribution in [0.3, 0.4) is 0 Å². The standard InChI is InChI=1S/C17H23NO/c1-4-16(3)13-17(9-11-18,10-12-19-16)15-7-5-14(2)6-8-15/h5-8H,4,9-10,12-13H2,1-3H3/t16?,17-/m1/s1. The number of nitrogens with zero attached hydrogens (tertiary/aromatic N) is 1. The highest BCUT2D eigenvalue weighted by atomic mass is 16.5. The number of hydrogen-bond donors (Lipinski definition) is 0. The maximum atomic E-state index is 9.25. The lowest BCUT2D eigenvalue weighted by atomic mass is 9.66. The predicted octanol–water partition coefficient (Wildman–Crippen LogP) is 4.13. The van der Waals surface area contributed by atoms with Gasteiger partial charge < -0.3 is 4.74 Å². The Balaban J connectivity index is 2.37. The van der Waals surface area contributed by atoms with Crippen LogP contribution in [0.5, 0.6) is 0 Å². The SMILES string of the molecule is CCC1(C)C[C@](CC#N)(c2ccc(C)cc2)CCO1. The Morgan fingerprint density at radius 1 is 1.32 bits per heavy atom. The van der Waals surface area contributed by atoms with Crippen molar-refractivity contribution in [1.29, 1.82) is 5.26 Å². The normalized spacial score (nSPS) is 30.8. The number of nitriles is 1. The monoisotopic (exact) mass is 257 g/mol. The first-order chi connectivity index (χ1) is 9.03. The zero-order valence-electron chi connectivity index (χ0n) is 12.2. The molecule has 2 atom stereocenters. The van der Waals surface area contributed by atoms with E-state index in [-0.39, 0.29) is 11.0 Å². The Kier molecular flexibility index (Phi) is 3.96. The van der Waals surface area contributed by atoms with Crippen LogP contribution in [-0.2, 0) is 10.2 Å². The molecule has 1 saturated heterocycles. The summed E-state index contributed by atoms with van der Waals surface area (Å²) in [6.07, 6.45) is 3.45. The van der Waals surface area contributed by atoms with Gasteiger partial charge in [0.05, 0.1) is 11.7 Å². The molecule has 1 aliphatic heterocycles. The average Bonchev–Trinajstić information content (AvgIpc) is 2.40. The summed E-state index contributed by atoms with van der Waals surface area (Å²) in [6.45, 7) is 7.19. The molecule has 1 aliphatic rings. The van der Waals surface area contributed by atoms with Gasteiger partial charge in [-0.25, -0.2) is 0 Å². The van der Waals surface area contributed by atoms with Crippen molar-refractivity contribution in [3.63, 3.8) is 0 Å². The molecule has 0 saturated carbocycles. The van der Waals surface area contributed by atoms with Crippen LogP contribution < -0.4 is 0 Å². The van der Waals surface area contributed by atoms with E-state index in [1.807, 2.05) is 0 Å². The van der Waals surface area contributed by atoms with Gasteiger partial charge in [-0.3, -0.25) is 0 Å². The highest BCUT2D eigenvalue weighted by Crippen LogP contribution is 2.45. The minimum atomic E-state index is -0.0972. The second-order valence-electron chi connectivity index (χ2n) is 6.06. The Morgan fingerprint density at radius 2 is 2.00 bits per heavy atom. The van der Waals surface area contributed by atoms with Crippen molar-refractivity contribution < 1.29 is 4.74 Å². The summed E-state index contributed by atoms with van der Waals surface area (Å²) in [7, 11) is 0. The van der Waals surface area contributed by atoms with Crippen molar-refractivity contribution in [2.24, 2.45) is 0 Å². The topological polar surface area (TPSA) is 33.0 Å². The van der Waals surface area contributed by atoms with Gasteiger partial charge in [-0.1, -0.05) is 36.8 Å². The number of aryl methyl sites for hydroxylation is 1. The maximum absolute atomic E-state index is 9.25.